The van der Waals surface area contributed by atoms with Crippen molar-refractivity contribution in [2.24, 2.45) is 5.92 Å². The maximum absolute atomic E-state index is 13.4. The van der Waals surface area contributed by atoms with Crippen molar-refractivity contribution in [2.45, 2.75) is 62.7 Å². The Labute approximate surface area is 157 Å². The molecule has 6 rings (SSSR count). The molecule has 1 N–H and O–H groups in total. The van der Waals surface area contributed by atoms with Crippen LogP contribution in [0.3, 0.4) is 0 Å². The van der Waals surface area contributed by atoms with Gasteiger partial charge in [0.2, 0.25) is 5.91 Å². The van der Waals surface area contributed by atoms with Gasteiger partial charge in [0.05, 0.1) is 11.6 Å². The molecule has 0 aromatic carbocycles. The third kappa shape index (κ3) is 2.39. The molecule has 2 unspecified atom stereocenters. The first kappa shape index (κ1) is 15.8. The number of H-pyrrole nitrogens is 1. The number of rotatable bonds is 3. The fourth-order valence-electron chi connectivity index (χ4n) is 5.12. The summed E-state index contributed by atoms with van der Waals surface area (Å²) in [5.41, 5.74) is 2.94. The number of nitrogens with zero attached hydrogens (tertiary/aromatic N) is 4. The van der Waals surface area contributed by atoms with Gasteiger partial charge in [0, 0.05) is 37.3 Å². The number of amides is 1. The van der Waals surface area contributed by atoms with E-state index in [0.29, 0.717) is 12.3 Å². The second-order valence-corrected chi connectivity index (χ2v) is 8.67. The highest BCUT2D eigenvalue weighted by atomic mass is 19.1. The minimum absolute atomic E-state index is 0.0448. The summed E-state index contributed by atoms with van der Waals surface area (Å²) in [7, 11) is 0. The lowest BCUT2D eigenvalue weighted by Gasteiger charge is -2.42. The van der Waals surface area contributed by atoms with Gasteiger partial charge in [-0.25, -0.2) is 14.4 Å². The Balaban J connectivity index is 1.28. The van der Waals surface area contributed by atoms with E-state index in [1.807, 2.05) is 11.1 Å². The number of pyridine rings is 1. The molecule has 4 fully saturated rings. The predicted molar refractivity (Wildman–Crippen MR) is 99.4 cm³/mol. The van der Waals surface area contributed by atoms with Crippen molar-refractivity contribution < 1.29 is 9.18 Å². The van der Waals surface area contributed by atoms with Crippen molar-refractivity contribution >= 4 is 22.8 Å². The van der Waals surface area contributed by atoms with Crippen LogP contribution < -0.4 is 4.90 Å². The number of aromatic nitrogens is 3. The van der Waals surface area contributed by atoms with E-state index in [0.717, 1.165) is 48.6 Å². The fourth-order valence-corrected chi connectivity index (χ4v) is 5.12. The molecule has 2 saturated carbocycles. The highest BCUT2D eigenvalue weighted by Gasteiger charge is 2.51. The maximum atomic E-state index is 13.4. The van der Waals surface area contributed by atoms with E-state index in [2.05, 4.69) is 20.9 Å². The van der Waals surface area contributed by atoms with Crippen LogP contribution >= 0.6 is 0 Å². The lowest BCUT2D eigenvalue weighted by Crippen LogP contribution is -2.56. The number of anilines is 1. The molecule has 4 heterocycles. The van der Waals surface area contributed by atoms with Crippen LogP contribution in [0.2, 0.25) is 0 Å². The molecule has 4 aliphatic rings. The Kier molecular flexibility index (Phi) is 3.32. The number of carbonyl (C=O) groups excluding carboxylic acids is 1. The van der Waals surface area contributed by atoms with Crippen molar-refractivity contribution in [3.05, 3.63) is 18.1 Å². The number of fused-ring (bicyclic) bond motifs is 3. The van der Waals surface area contributed by atoms with Crippen molar-refractivity contribution in [2.75, 3.05) is 18.0 Å². The van der Waals surface area contributed by atoms with Gasteiger partial charge in [-0.1, -0.05) is 6.42 Å². The third-order valence-electron chi connectivity index (χ3n) is 6.99. The summed E-state index contributed by atoms with van der Waals surface area (Å²) < 4.78 is 13.4. The topological polar surface area (TPSA) is 65.1 Å². The zero-order chi connectivity index (χ0) is 18.1. The summed E-state index contributed by atoms with van der Waals surface area (Å²) in [6.07, 6.45) is 7.06. The monoisotopic (exact) mass is 369 g/mol. The second-order valence-electron chi connectivity index (χ2n) is 8.67. The first-order valence-electron chi connectivity index (χ1n) is 10.2. The first-order valence-corrected chi connectivity index (χ1v) is 10.2. The van der Waals surface area contributed by atoms with Gasteiger partial charge in [0.15, 0.2) is 5.65 Å². The highest BCUT2D eigenvalue weighted by Crippen LogP contribution is 2.42. The zero-order valence-electron chi connectivity index (χ0n) is 15.3. The van der Waals surface area contributed by atoms with E-state index in [9.17, 15) is 9.18 Å². The van der Waals surface area contributed by atoms with Crippen LogP contribution in [-0.4, -0.2) is 57.1 Å². The molecule has 2 aliphatic carbocycles. The Hall–Kier alpha value is -2.18. The highest BCUT2D eigenvalue weighted by molar-refractivity contribution is 5.87. The molecule has 0 spiro atoms. The molecular formula is C20H24FN5O. The van der Waals surface area contributed by atoms with Crippen LogP contribution in [0.5, 0.6) is 0 Å². The quantitative estimate of drug-likeness (QED) is 0.904. The minimum Gasteiger partial charge on any atom is -0.366 e. The molecule has 2 aromatic rings. The standard InChI is InChI=1S/C20H24FN5O/c21-15-8-14(15)20(27)26-12-4-5-13(26)10-25(9-12)16-6-7-22-19-17(16)23-18(24-19)11-2-1-3-11/h6-7,11-15H,1-5,8-10H2,(H,22,23,24)/t12?,13?,14-,15-/m1/s1. The van der Waals surface area contributed by atoms with Gasteiger partial charge in [-0.05, 0) is 38.2 Å². The Morgan fingerprint density at radius 2 is 1.93 bits per heavy atom. The van der Waals surface area contributed by atoms with Gasteiger partial charge in [0.25, 0.3) is 0 Å². The average molecular weight is 369 g/mol. The summed E-state index contributed by atoms with van der Waals surface area (Å²) in [5.74, 6) is 1.29. The molecule has 2 aliphatic heterocycles. The summed E-state index contributed by atoms with van der Waals surface area (Å²) in [4.78, 5) is 29.7. The van der Waals surface area contributed by atoms with Gasteiger partial charge in [0.1, 0.15) is 17.5 Å². The number of imidazole rings is 1. The number of piperazine rings is 1. The molecule has 2 aromatic heterocycles. The molecular weight excluding hydrogens is 345 g/mol. The Morgan fingerprint density at radius 3 is 2.56 bits per heavy atom. The SMILES string of the molecule is O=C([C@@H]1C[C@H]1F)N1C2CCC1CN(c1ccnc3nc(C4CCC4)[nH]c13)C2. The van der Waals surface area contributed by atoms with E-state index >= 15 is 0 Å². The molecule has 6 nitrogen and oxygen atoms in total. The lowest BCUT2D eigenvalue weighted by atomic mass is 9.85. The average Bonchev–Trinajstić information content (AvgIpc) is 3.09. The van der Waals surface area contributed by atoms with E-state index in [-0.39, 0.29) is 23.9 Å². The minimum atomic E-state index is -0.912. The first-order chi connectivity index (χ1) is 13.2. The number of alkyl halides is 1. The van der Waals surface area contributed by atoms with Crippen molar-refractivity contribution in [1.29, 1.82) is 0 Å². The largest absolute Gasteiger partial charge is 0.366 e. The molecule has 27 heavy (non-hydrogen) atoms. The second kappa shape index (κ2) is 5.66. The molecule has 0 radical (unpaired) electrons. The van der Waals surface area contributed by atoms with Gasteiger partial charge in [-0.3, -0.25) is 4.79 Å². The van der Waals surface area contributed by atoms with Gasteiger partial charge in [-0.15, -0.1) is 0 Å². The summed E-state index contributed by atoms with van der Waals surface area (Å²) in [6, 6.07) is 2.45. The van der Waals surface area contributed by atoms with Gasteiger partial charge in [-0.2, -0.15) is 0 Å². The normalized spacial score (nSPS) is 32.8. The number of carbonyl (C=O) groups is 1. The van der Waals surface area contributed by atoms with Crippen LogP contribution in [0.1, 0.15) is 50.3 Å². The van der Waals surface area contributed by atoms with Crippen molar-refractivity contribution in [3.63, 3.8) is 0 Å². The number of aromatic amines is 1. The van der Waals surface area contributed by atoms with Crippen LogP contribution in [0, 0.1) is 5.92 Å². The van der Waals surface area contributed by atoms with Gasteiger partial charge >= 0.3 is 0 Å². The number of hydrogen-bond donors (Lipinski definition) is 1. The number of nitrogens with one attached hydrogen (secondary N) is 1. The maximum Gasteiger partial charge on any atom is 0.229 e. The molecule has 1 amide bonds. The van der Waals surface area contributed by atoms with Crippen LogP contribution in [0.25, 0.3) is 11.2 Å². The van der Waals surface area contributed by atoms with Crippen LogP contribution in [0.4, 0.5) is 10.1 Å². The van der Waals surface area contributed by atoms with E-state index in [4.69, 9.17) is 4.98 Å². The van der Waals surface area contributed by atoms with E-state index in [1.165, 1.54) is 19.3 Å². The van der Waals surface area contributed by atoms with Crippen LogP contribution in [-0.2, 0) is 4.79 Å². The molecule has 7 heteroatoms. The molecule has 4 atom stereocenters. The zero-order valence-corrected chi connectivity index (χ0v) is 15.3. The lowest BCUT2D eigenvalue weighted by molar-refractivity contribution is -0.136. The molecule has 142 valence electrons. The van der Waals surface area contributed by atoms with E-state index in [1.54, 1.807) is 0 Å². The summed E-state index contributed by atoms with van der Waals surface area (Å²) >= 11 is 0. The van der Waals surface area contributed by atoms with Crippen molar-refractivity contribution in [3.8, 4) is 0 Å². The number of halogens is 1. The summed E-state index contributed by atoms with van der Waals surface area (Å²) in [6.45, 7) is 1.62. The van der Waals surface area contributed by atoms with E-state index < -0.39 is 6.17 Å². The van der Waals surface area contributed by atoms with Gasteiger partial charge < -0.3 is 14.8 Å². The number of hydrogen-bond acceptors (Lipinski definition) is 4. The molecule has 2 saturated heterocycles. The third-order valence-corrected chi connectivity index (χ3v) is 6.99. The summed E-state index contributed by atoms with van der Waals surface area (Å²) in [5, 5.41) is 0. The predicted octanol–water partition coefficient (Wildman–Crippen LogP) is 2.76. The Bertz CT molecular complexity index is 895. The smallest absolute Gasteiger partial charge is 0.229 e. The van der Waals surface area contributed by atoms with Crippen molar-refractivity contribution in [1.82, 2.24) is 19.9 Å². The van der Waals surface area contributed by atoms with Crippen LogP contribution in [0.15, 0.2) is 12.3 Å². The Morgan fingerprint density at radius 1 is 1.19 bits per heavy atom. The molecule has 2 bridgehead atoms. The fraction of sp³-hybridized carbons (Fsp3) is 0.650.